The van der Waals surface area contributed by atoms with Gasteiger partial charge < -0.3 is 15.4 Å². The van der Waals surface area contributed by atoms with Gasteiger partial charge in [0.25, 0.3) is 5.91 Å². The van der Waals surface area contributed by atoms with Crippen molar-refractivity contribution in [2.45, 2.75) is 26.0 Å². The smallest absolute Gasteiger partial charge is 0.387 e. The van der Waals surface area contributed by atoms with Crippen LogP contribution in [0.2, 0.25) is 0 Å². The topological polar surface area (TPSA) is 86.3 Å². The number of hydrogen-bond donors (Lipinski definition) is 1. The van der Waals surface area contributed by atoms with E-state index < -0.39 is 6.61 Å². The van der Waals surface area contributed by atoms with Gasteiger partial charge in [-0.1, -0.05) is 5.21 Å². The zero-order valence-corrected chi connectivity index (χ0v) is 13.0. The molecule has 0 unspecified atom stereocenters. The monoisotopic (exact) mass is 337 g/mol. The number of nitrogens with zero attached hydrogens (tertiary/aromatic N) is 4. The molecule has 24 heavy (non-hydrogen) atoms. The van der Waals surface area contributed by atoms with Gasteiger partial charge in [-0.3, -0.25) is 4.79 Å². The maximum absolute atomic E-state index is 12.5. The first kappa shape index (κ1) is 16.3. The quantitative estimate of drug-likeness (QED) is 0.910. The predicted octanol–water partition coefficient (Wildman–Crippen LogP) is 1.35. The molecular weight excluding hydrogens is 320 g/mol. The molecule has 2 aromatic rings. The number of alkyl halides is 2. The highest BCUT2D eigenvalue weighted by atomic mass is 19.3. The van der Waals surface area contributed by atoms with Crippen molar-refractivity contribution in [3.8, 4) is 11.4 Å². The van der Waals surface area contributed by atoms with Crippen LogP contribution in [0.3, 0.4) is 0 Å². The first-order valence-corrected chi connectivity index (χ1v) is 7.48. The number of benzene rings is 1. The molecule has 2 heterocycles. The van der Waals surface area contributed by atoms with E-state index in [2.05, 4.69) is 15.0 Å². The second-order valence-electron chi connectivity index (χ2n) is 5.61. The van der Waals surface area contributed by atoms with E-state index in [1.165, 1.54) is 16.8 Å². The summed E-state index contributed by atoms with van der Waals surface area (Å²) in [5.41, 5.74) is 7.25. The first-order chi connectivity index (χ1) is 11.5. The molecule has 7 nitrogen and oxygen atoms in total. The van der Waals surface area contributed by atoms with Crippen molar-refractivity contribution in [3.63, 3.8) is 0 Å². The molecule has 1 aliphatic heterocycles. The lowest BCUT2D eigenvalue weighted by Gasteiger charge is -2.14. The van der Waals surface area contributed by atoms with Crippen LogP contribution in [0.1, 0.15) is 22.6 Å². The van der Waals surface area contributed by atoms with E-state index in [0.717, 1.165) is 6.42 Å². The Kier molecular flexibility index (Phi) is 4.43. The summed E-state index contributed by atoms with van der Waals surface area (Å²) in [6, 6.07) is 5.94. The summed E-state index contributed by atoms with van der Waals surface area (Å²) in [7, 11) is 0. The summed E-state index contributed by atoms with van der Waals surface area (Å²) in [4.78, 5) is 14.1. The predicted molar refractivity (Wildman–Crippen MR) is 81.2 cm³/mol. The zero-order chi connectivity index (χ0) is 17.3. The number of carbonyl (C=O) groups is 1. The molecule has 128 valence electrons. The third-order valence-electron chi connectivity index (χ3n) is 3.92. The van der Waals surface area contributed by atoms with Gasteiger partial charge >= 0.3 is 6.61 Å². The molecule has 1 saturated heterocycles. The minimum absolute atomic E-state index is 0.00770. The van der Waals surface area contributed by atoms with E-state index >= 15 is 0 Å². The van der Waals surface area contributed by atoms with Gasteiger partial charge in [-0.05, 0) is 37.6 Å². The lowest BCUT2D eigenvalue weighted by atomic mass is 10.2. The fourth-order valence-corrected chi connectivity index (χ4v) is 2.66. The molecule has 1 aromatic heterocycles. The Balaban J connectivity index is 1.80. The van der Waals surface area contributed by atoms with E-state index in [1.807, 2.05) is 0 Å². The number of hydrogen-bond acceptors (Lipinski definition) is 5. The van der Waals surface area contributed by atoms with Crippen LogP contribution in [0.4, 0.5) is 8.78 Å². The molecule has 3 rings (SSSR count). The summed E-state index contributed by atoms with van der Waals surface area (Å²) in [5.74, 6) is -0.154. The van der Waals surface area contributed by atoms with Crippen molar-refractivity contribution in [2.75, 3.05) is 13.1 Å². The summed E-state index contributed by atoms with van der Waals surface area (Å²) in [6.45, 7) is -0.0381. The average molecular weight is 337 g/mol. The minimum Gasteiger partial charge on any atom is -0.435 e. The molecule has 0 spiro atoms. The SMILES string of the molecule is Cc1c(C(=O)N2CC[C@@H](N)C2)nnn1-c1ccc(OC(F)F)cc1. The molecule has 1 atom stereocenters. The zero-order valence-electron chi connectivity index (χ0n) is 13.0. The Labute approximate surface area is 137 Å². The summed E-state index contributed by atoms with van der Waals surface area (Å²) in [6.07, 6.45) is 0.768. The maximum Gasteiger partial charge on any atom is 0.387 e. The van der Waals surface area contributed by atoms with Crippen LogP contribution in [-0.2, 0) is 0 Å². The normalized spacial score (nSPS) is 17.5. The molecule has 1 aliphatic rings. The Bertz CT molecular complexity index is 732. The summed E-state index contributed by atoms with van der Waals surface area (Å²) >= 11 is 0. The third-order valence-corrected chi connectivity index (χ3v) is 3.92. The van der Waals surface area contributed by atoms with Gasteiger partial charge in [0.2, 0.25) is 0 Å². The highest BCUT2D eigenvalue weighted by Crippen LogP contribution is 2.20. The number of likely N-dealkylation sites (tertiary alicyclic amines) is 1. The Hall–Kier alpha value is -2.55. The molecule has 0 saturated carbocycles. The standard InChI is InChI=1S/C15H17F2N5O2/c1-9-13(14(23)21-7-6-10(18)8-21)19-20-22(9)11-2-4-12(5-3-11)24-15(16)17/h2-5,10,15H,6-8,18H2,1H3/t10-/m1/s1. The van der Waals surface area contributed by atoms with Crippen LogP contribution >= 0.6 is 0 Å². The van der Waals surface area contributed by atoms with Crippen molar-refractivity contribution in [1.29, 1.82) is 0 Å². The lowest BCUT2D eigenvalue weighted by Crippen LogP contribution is -2.32. The van der Waals surface area contributed by atoms with Gasteiger partial charge in [0, 0.05) is 19.1 Å². The van der Waals surface area contributed by atoms with Crippen molar-refractivity contribution >= 4 is 5.91 Å². The van der Waals surface area contributed by atoms with Crippen LogP contribution in [0.25, 0.3) is 5.69 Å². The van der Waals surface area contributed by atoms with Gasteiger partial charge in [-0.15, -0.1) is 5.10 Å². The number of aromatic nitrogens is 3. The highest BCUT2D eigenvalue weighted by Gasteiger charge is 2.28. The first-order valence-electron chi connectivity index (χ1n) is 7.48. The van der Waals surface area contributed by atoms with Crippen LogP contribution < -0.4 is 10.5 Å². The number of halogens is 2. The molecule has 1 amide bonds. The number of amides is 1. The largest absolute Gasteiger partial charge is 0.435 e. The minimum atomic E-state index is -2.87. The Morgan fingerprint density at radius 1 is 1.38 bits per heavy atom. The number of carbonyl (C=O) groups excluding carboxylic acids is 1. The third kappa shape index (κ3) is 3.21. The summed E-state index contributed by atoms with van der Waals surface area (Å²) < 4.78 is 30.1. The van der Waals surface area contributed by atoms with Crippen molar-refractivity contribution in [3.05, 3.63) is 35.7 Å². The van der Waals surface area contributed by atoms with Gasteiger partial charge in [0.15, 0.2) is 5.69 Å². The van der Waals surface area contributed by atoms with Crippen LogP contribution in [0, 0.1) is 6.92 Å². The van der Waals surface area contributed by atoms with E-state index in [0.29, 0.717) is 24.5 Å². The van der Waals surface area contributed by atoms with Gasteiger partial charge in [0.05, 0.1) is 11.4 Å². The average Bonchev–Trinajstić information content (AvgIpc) is 3.13. The maximum atomic E-state index is 12.5. The van der Waals surface area contributed by atoms with Crippen LogP contribution in [0.5, 0.6) is 5.75 Å². The van der Waals surface area contributed by atoms with E-state index in [9.17, 15) is 13.6 Å². The molecule has 0 bridgehead atoms. The van der Waals surface area contributed by atoms with Crippen LogP contribution in [-0.4, -0.2) is 51.5 Å². The molecule has 2 N–H and O–H groups in total. The number of nitrogens with two attached hydrogens (primary N) is 1. The highest BCUT2D eigenvalue weighted by molar-refractivity contribution is 5.93. The fraction of sp³-hybridized carbons (Fsp3) is 0.400. The Morgan fingerprint density at radius 3 is 2.67 bits per heavy atom. The van der Waals surface area contributed by atoms with Crippen molar-refractivity contribution in [2.24, 2.45) is 5.73 Å². The van der Waals surface area contributed by atoms with Crippen molar-refractivity contribution < 1.29 is 18.3 Å². The number of rotatable bonds is 4. The second-order valence-corrected chi connectivity index (χ2v) is 5.61. The number of ether oxygens (including phenoxy) is 1. The molecule has 0 radical (unpaired) electrons. The van der Waals surface area contributed by atoms with Crippen molar-refractivity contribution in [1.82, 2.24) is 19.9 Å². The van der Waals surface area contributed by atoms with Gasteiger partial charge in [-0.2, -0.15) is 8.78 Å². The van der Waals surface area contributed by atoms with Gasteiger partial charge in [0.1, 0.15) is 5.75 Å². The van der Waals surface area contributed by atoms with E-state index in [-0.39, 0.29) is 23.4 Å². The van der Waals surface area contributed by atoms with Gasteiger partial charge in [-0.25, -0.2) is 4.68 Å². The summed E-state index contributed by atoms with van der Waals surface area (Å²) in [5, 5.41) is 7.95. The van der Waals surface area contributed by atoms with Crippen LogP contribution in [0.15, 0.2) is 24.3 Å². The lowest BCUT2D eigenvalue weighted by molar-refractivity contribution is -0.0498. The molecular formula is C15H17F2N5O2. The molecule has 1 fully saturated rings. The van der Waals surface area contributed by atoms with E-state index in [4.69, 9.17) is 5.73 Å². The fourth-order valence-electron chi connectivity index (χ4n) is 2.66. The second kappa shape index (κ2) is 6.52. The molecule has 9 heteroatoms. The van der Waals surface area contributed by atoms with E-state index in [1.54, 1.807) is 24.0 Å². The molecule has 1 aromatic carbocycles. The Morgan fingerprint density at radius 2 is 2.08 bits per heavy atom. The molecule has 0 aliphatic carbocycles.